The molecule has 1 aliphatic heterocycles. The summed E-state index contributed by atoms with van der Waals surface area (Å²) in [5.41, 5.74) is 1.21. The maximum atomic E-state index is 6.28. The normalized spacial score (nSPS) is 17.2. The smallest absolute Gasteiger partial charge is 0.191 e. The second-order valence-corrected chi connectivity index (χ2v) is 7.71. The van der Waals surface area contributed by atoms with Gasteiger partial charge in [-0.2, -0.15) is 0 Å². The number of anilines is 1. The second-order valence-electron chi connectivity index (χ2n) is 6.43. The Morgan fingerprint density at radius 1 is 1.33 bits per heavy atom. The van der Waals surface area contributed by atoms with Gasteiger partial charge in [0.1, 0.15) is 5.82 Å². The molecular formula is C20H26ClN5S. The summed E-state index contributed by atoms with van der Waals surface area (Å²) >= 11 is 8.04. The van der Waals surface area contributed by atoms with E-state index in [1.54, 1.807) is 18.0 Å². The molecule has 1 saturated heterocycles. The molecule has 0 radical (unpaired) electrons. The number of pyridine rings is 1. The highest BCUT2D eigenvalue weighted by atomic mass is 35.5. The van der Waals surface area contributed by atoms with Crippen LogP contribution in [0.3, 0.4) is 0 Å². The Balaban J connectivity index is 1.60. The highest BCUT2D eigenvalue weighted by Crippen LogP contribution is 2.25. The van der Waals surface area contributed by atoms with Crippen LogP contribution in [0.5, 0.6) is 0 Å². The molecule has 5 nitrogen and oxygen atoms in total. The van der Waals surface area contributed by atoms with Crippen molar-refractivity contribution in [3.05, 3.63) is 53.2 Å². The van der Waals surface area contributed by atoms with Crippen molar-refractivity contribution < 1.29 is 0 Å². The fourth-order valence-corrected chi connectivity index (χ4v) is 3.74. The number of aromatic nitrogens is 1. The molecule has 0 aliphatic carbocycles. The molecular weight excluding hydrogens is 378 g/mol. The summed E-state index contributed by atoms with van der Waals surface area (Å²) in [5.74, 6) is 1.71. The number of halogens is 1. The molecule has 2 aromatic rings. The first-order chi connectivity index (χ1) is 13.2. The van der Waals surface area contributed by atoms with E-state index in [4.69, 9.17) is 16.6 Å². The van der Waals surface area contributed by atoms with E-state index in [0.717, 1.165) is 37.8 Å². The van der Waals surface area contributed by atoms with E-state index < -0.39 is 0 Å². The molecule has 1 aromatic carbocycles. The van der Waals surface area contributed by atoms with Gasteiger partial charge in [0.25, 0.3) is 0 Å². The molecule has 1 unspecified atom stereocenters. The summed E-state index contributed by atoms with van der Waals surface area (Å²) in [7, 11) is 0. The molecule has 0 bridgehead atoms. The lowest BCUT2D eigenvalue weighted by atomic mass is 10.2. The lowest BCUT2D eigenvalue weighted by molar-refractivity contribution is 0.649. The quantitative estimate of drug-likeness (QED) is 0.436. The average molecular weight is 404 g/mol. The Bertz CT molecular complexity index is 765. The molecule has 1 atom stereocenters. The van der Waals surface area contributed by atoms with Crippen molar-refractivity contribution in [2.24, 2.45) is 4.99 Å². The maximum Gasteiger partial charge on any atom is 0.191 e. The van der Waals surface area contributed by atoms with Crippen LogP contribution < -0.4 is 15.5 Å². The molecule has 0 spiro atoms. The Kier molecular flexibility index (Phi) is 7.24. The largest absolute Gasteiger partial charge is 0.357 e. The third-order valence-electron chi connectivity index (χ3n) is 4.49. The Labute approximate surface area is 170 Å². The number of hydrogen-bond donors (Lipinski definition) is 2. The first kappa shape index (κ1) is 19.8. The van der Waals surface area contributed by atoms with Gasteiger partial charge in [-0.1, -0.05) is 23.7 Å². The minimum absolute atomic E-state index is 0.319. The number of aliphatic imine (C=N–C) groups is 1. The second kappa shape index (κ2) is 9.85. The monoisotopic (exact) mass is 403 g/mol. The number of nitrogens with zero attached hydrogens (tertiary/aromatic N) is 3. The van der Waals surface area contributed by atoms with Crippen molar-refractivity contribution in [1.82, 2.24) is 15.6 Å². The van der Waals surface area contributed by atoms with Crippen LogP contribution in [0.15, 0.2) is 52.5 Å². The van der Waals surface area contributed by atoms with Crippen LogP contribution in [-0.2, 0) is 6.54 Å². The van der Waals surface area contributed by atoms with Crippen LogP contribution in [0.25, 0.3) is 0 Å². The summed E-state index contributed by atoms with van der Waals surface area (Å²) in [6.45, 7) is 5.37. The van der Waals surface area contributed by atoms with E-state index >= 15 is 0 Å². The van der Waals surface area contributed by atoms with Crippen molar-refractivity contribution >= 4 is 35.1 Å². The lowest BCUT2D eigenvalue weighted by Gasteiger charge is -2.20. The van der Waals surface area contributed by atoms with Gasteiger partial charge in [0, 0.05) is 36.8 Å². The van der Waals surface area contributed by atoms with Crippen LogP contribution in [0.2, 0.25) is 5.02 Å². The zero-order valence-corrected chi connectivity index (χ0v) is 17.4. The summed E-state index contributed by atoms with van der Waals surface area (Å²) in [4.78, 5) is 12.7. The van der Waals surface area contributed by atoms with Gasteiger partial charge in [0.15, 0.2) is 5.96 Å². The van der Waals surface area contributed by atoms with Crippen LogP contribution in [0.4, 0.5) is 5.82 Å². The van der Waals surface area contributed by atoms with Gasteiger partial charge in [-0.05, 0) is 49.4 Å². The third kappa shape index (κ3) is 5.53. The van der Waals surface area contributed by atoms with Gasteiger partial charge in [0.2, 0.25) is 0 Å². The van der Waals surface area contributed by atoms with Crippen molar-refractivity contribution in [2.75, 3.05) is 30.8 Å². The lowest BCUT2D eigenvalue weighted by Crippen LogP contribution is -2.44. The minimum Gasteiger partial charge on any atom is -0.357 e. The van der Waals surface area contributed by atoms with Gasteiger partial charge < -0.3 is 15.5 Å². The van der Waals surface area contributed by atoms with E-state index in [-0.39, 0.29) is 0 Å². The number of benzene rings is 1. The minimum atomic E-state index is 0.319. The van der Waals surface area contributed by atoms with Crippen LogP contribution >= 0.6 is 23.4 Å². The molecule has 0 amide bonds. The molecule has 0 saturated carbocycles. The highest BCUT2D eigenvalue weighted by molar-refractivity contribution is 7.98. The summed E-state index contributed by atoms with van der Waals surface area (Å²) < 4.78 is 0. The molecule has 3 rings (SSSR count). The average Bonchev–Trinajstić information content (AvgIpc) is 3.15. The van der Waals surface area contributed by atoms with Crippen molar-refractivity contribution in [2.45, 2.75) is 30.8 Å². The van der Waals surface area contributed by atoms with Crippen molar-refractivity contribution in [1.29, 1.82) is 0 Å². The topological polar surface area (TPSA) is 52.6 Å². The number of thioether (sulfide) groups is 1. The molecule has 1 aromatic heterocycles. The molecule has 1 aliphatic rings. The van der Waals surface area contributed by atoms with Crippen LogP contribution in [0.1, 0.15) is 18.9 Å². The molecule has 7 heteroatoms. The Morgan fingerprint density at radius 3 is 2.85 bits per heavy atom. The molecule has 144 valence electrons. The molecule has 1 fully saturated rings. The van der Waals surface area contributed by atoms with E-state index in [0.29, 0.717) is 17.6 Å². The van der Waals surface area contributed by atoms with E-state index in [1.165, 1.54) is 10.5 Å². The first-order valence-corrected chi connectivity index (χ1v) is 10.8. The fraction of sp³-hybridized carbons (Fsp3) is 0.400. The predicted octanol–water partition coefficient (Wildman–Crippen LogP) is 3.79. The van der Waals surface area contributed by atoms with Crippen molar-refractivity contribution in [3.8, 4) is 0 Å². The number of guanidine groups is 1. The Morgan fingerprint density at radius 2 is 2.15 bits per heavy atom. The fourth-order valence-electron chi connectivity index (χ4n) is 3.10. The summed E-state index contributed by atoms with van der Waals surface area (Å²) in [6.07, 6.45) is 4.90. The van der Waals surface area contributed by atoms with Crippen molar-refractivity contribution in [3.63, 3.8) is 0 Å². The first-order valence-electron chi connectivity index (χ1n) is 9.23. The van der Waals surface area contributed by atoms with Crippen LogP contribution in [0, 0.1) is 0 Å². The third-order valence-corrected chi connectivity index (χ3v) is 5.53. The van der Waals surface area contributed by atoms with Crippen LogP contribution in [-0.4, -0.2) is 42.9 Å². The number of rotatable bonds is 6. The molecule has 2 heterocycles. The number of nitrogens with one attached hydrogen (secondary N) is 2. The zero-order chi connectivity index (χ0) is 19.1. The predicted molar refractivity (Wildman–Crippen MR) is 116 cm³/mol. The molecule has 27 heavy (non-hydrogen) atoms. The summed E-state index contributed by atoms with van der Waals surface area (Å²) in [6, 6.07) is 12.6. The van der Waals surface area contributed by atoms with E-state index in [2.05, 4.69) is 58.0 Å². The zero-order valence-electron chi connectivity index (χ0n) is 15.8. The highest BCUT2D eigenvalue weighted by Gasteiger charge is 2.25. The van der Waals surface area contributed by atoms with Gasteiger partial charge in [0.05, 0.1) is 11.6 Å². The summed E-state index contributed by atoms with van der Waals surface area (Å²) in [5, 5.41) is 7.60. The van der Waals surface area contributed by atoms with Gasteiger partial charge in [-0.15, -0.1) is 11.8 Å². The number of hydrogen-bond acceptors (Lipinski definition) is 4. The SMILES string of the molecule is CCNC(=NCc1ccc(SC)cc1)NC1CCN(c2ncccc2Cl)C1. The van der Waals surface area contributed by atoms with Gasteiger partial charge in [-0.3, -0.25) is 0 Å². The standard InChI is InChI=1S/C20H26ClN5S/c1-3-22-20(24-13-15-6-8-17(27-2)9-7-15)25-16-10-12-26(14-16)19-18(21)5-4-11-23-19/h4-9,11,16H,3,10,12-14H2,1-2H3,(H2,22,24,25). The van der Waals surface area contributed by atoms with Gasteiger partial charge in [-0.25, -0.2) is 9.98 Å². The Hall–Kier alpha value is -1.92. The molecule has 2 N–H and O–H groups in total. The van der Waals surface area contributed by atoms with E-state index in [9.17, 15) is 0 Å². The van der Waals surface area contributed by atoms with Gasteiger partial charge >= 0.3 is 0 Å². The van der Waals surface area contributed by atoms with E-state index in [1.807, 2.05) is 12.1 Å². The maximum absolute atomic E-state index is 6.28.